The third-order valence-electron chi connectivity index (χ3n) is 7.05. The van der Waals surface area contributed by atoms with Gasteiger partial charge in [-0.25, -0.2) is 0 Å². The van der Waals surface area contributed by atoms with Crippen molar-refractivity contribution in [1.29, 1.82) is 0 Å². The first-order valence-electron chi connectivity index (χ1n) is 11.9. The molecule has 0 unspecified atom stereocenters. The van der Waals surface area contributed by atoms with Crippen LogP contribution in [-0.2, 0) is 11.3 Å². The maximum absolute atomic E-state index is 13.2. The predicted octanol–water partition coefficient (Wildman–Crippen LogP) is 4.12. The molecule has 0 bridgehead atoms. The van der Waals surface area contributed by atoms with Crippen LogP contribution in [0.3, 0.4) is 0 Å². The van der Waals surface area contributed by atoms with Crippen molar-refractivity contribution in [2.45, 2.75) is 38.3 Å². The minimum Gasteiger partial charge on any atom is -0.378 e. The summed E-state index contributed by atoms with van der Waals surface area (Å²) in [7, 11) is 0. The van der Waals surface area contributed by atoms with Crippen molar-refractivity contribution in [2.75, 3.05) is 37.7 Å². The number of piperidine rings is 2. The second kappa shape index (κ2) is 9.84. The van der Waals surface area contributed by atoms with Crippen molar-refractivity contribution in [3.05, 3.63) is 64.2 Å². The zero-order valence-corrected chi connectivity index (χ0v) is 19.5. The van der Waals surface area contributed by atoms with Crippen LogP contribution in [0.15, 0.2) is 42.5 Å². The Morgan fingerprint density at radius 2 is 1.82 bits per heavy atom. The topological polar surface area (TPSA) is 61.9 Å². The van der Waals surface area contributed by atoms with Crippen LogP contribution >= 0.6 is 11.6 Å². The summed E-state index contributed by atoms with van der Waals surface area (Å²) in [6.07, 6.45) is 4.49. The van der Waals surface area contributed by atoms with Crippen LogP contribution in [0.4, 0.5) is 5.69 Å². The Hall–Kier alpha value is -2.41. The number of nitrogens with zero attached hydrogens (tertiary/aromatic N) is 2. The molecule has 174 valence electrons. The molecular weight excluding hydrogens is 438 g/mol. The fourth-order valence-electron chi connectivity index (χ4n) is 5.05. The van der Waals surface area contributed by atoms with Crippen LogP contribution in [0, 0.1) is 5.92 Å². The van der Waals surface area contributed by atoms with Crippen molar-refractivity contribution in [3.8, 4) is 0 Å². The lowest BCUT2D eigenvalue weighted by molar-refractivity contribution is -0.00103. The van der Waals surface area contributed by atoms with E-state index in [-0.39, 0.29) is 11.8 Å². The second-order valence-electron chi connectivity index (χ2n) is 9.23. The van der Waals surface area contributed by atoms with Crippen LogP contribution in [0.25, 0.3) is 0 Å². The van der Waals surface area contributed by atoms with E-state index in [2.05, 4.69) is 5.32 Å². The normalized spacial score (nSPS) is 19.7. The summed E-state index contributed by atoms with van der Waals surface area (Å²) in [6.45, 7) is 4.83. The fraction of sp³-hybridized carbons (Fsp3) is 0.462. The van der Waals surface area contributed by atoms with Crippen molar-refractivity contribution < 1.29 is 14.3 Å². The largest absolute Gasteiger partial charge is 0.378 e. The van der Waals surface area contributed by atoms with Gasteiger partial charge in [0.25, 0.3) is 11.8 Å². The molecule has 7 heteroatoms. The lowest BCUT2D eigenvalue weighted by Gasteiger charge is -2.33. The number of amides is 2. The molecule has 0 radical (unpaired) electrons. The number of anilines is 1. The molecule has 3 aliphatic rings. The zero-order chi connectivity index (χ0) is 22.8. The first-order chi connectivity index (χ1) is 16.1. The first kappa shape index (κ1) is 22.4. The summed E-state index contributed by atoms with van der Waals surface area (Å²) >= 11 is 6.26. The molecule has 0 atom stereocenters. The van der Waals surface area contributed by atoms with Crippen molar-refractivity contribution >= 4 is 29.1 Å². The van der Waals surface area contributed by atoms with Gasteiger partial charge in [0.15, 0.2) is 0 Å². The van der Waals surface area contributed by atoms with Crippen LogP contribution in [0.1, 0.15) is 52.0 Å². The third kappa shape index (κ3) is 4.79. The van der Waals surface area contributed by atoms with E-state index < -0.39 is 0 Å². The van der Waals surface area contributed by atoms with E-state index in [1.54, 1.807) is 11.0 Å². The molecule has 2 fully saturated rings. The Morgan fingerprint density at radius 3 is 2.58 bits per heavy atom. The number of fused-ring (bicyclic) bond motifs is 1. The number of halogens is 1. The molecule has 3 aliphatic heterocycles. The number of hydrogen-bond donors (Lipinski definition) is 1. The molecule has 33 heavy (non-hydrogen) atoms. The molecular formula is C26H30ClN3O3. The van der Waals surface area contributed by atoms with Gasteiger partial charge in [-0.1, -0.05) is 29.8 Å². The average molecular weight is 468 g/mol. The maximum atomic E-state index is 13.2. The standard InChI is InChI=1S/C26H30ClN3O3/c27-23-6-2-4-20-16-30(26(32)24(20)23)21-5-1-3-19(15-21)25(31)29-13-9-18(10-14-29)17-33-22-7-11-28-12-8-22/h1-6,15,18,22,28H,7-14,16-17H2. The molecule has 2 amide bonds. The molecule has 3 heterocycles. The quantitative estimate of drug-likeness (QED) is 0.718. The van der Waals surface area contributed by atoms with Gasteiger partial charge in [0.05, 0.1) is 23.2 Å². The van der Waals surface area contributed by atoms with Gasteiger partial charge >= 0.3 is 0 Å². The van der Waals surface area contributed by atoms with Crippen LogP contribution in [0.5, 0.6) is 0 Å². The monoisotopic (exact) mass is 467 g/mol. The summed E-state index contributed by atoms with van der Waals surface area (Å²) in [5.41, 5.74) is 2.82. The summed E-state index contributed by atoms with van der Waals surface area (Å²) in [5, 5.41) is 3.84. The Bertz CT molecular complexity index is 1030. The van der Waals surface area contributed by atoms with E-state index in [1.807, 2.05) is 41.3 Å². The molecule has 2 aromatic rings. The highest BCUT2D eigenvalue weighted by Gasteiger charge is 2.31. The third-order valence-corrected chi connectivity index (χ3v) is 7.36. The van der Waals surface area contributed by atoms with E-state index >= 15 is 0 Å². The van der Waals surface area contributed by atoms with Crippen molar-refractivity contribution in [1.82, 2.24) is 10.2 Å². The van der Waals surface area contributed by atoms with Gasteiger partial charge in [0.2, 0.25) is 0 Å². The first-order valence-corrected chi connectivity index (χ1v) is 12.3. The minimum atomic E-state index is -0.116. The Labute approximate surface area is 199 Å². The molecule has 6 nitrogen and oxygen atoms in total. The highest BCUT2D eigenvalue weighted by Crippen LogP contribution is 2.33. The van der Waals surface area contributed by atoms with E-state index in [0.717, 1.165) is 69.7 Å². The number of rotatable bonds is 5. The smallest absolute Gasteiger partial charge is 0.260 e. The molecule has 0 aromatic heterocycles. The highest BCUT2D eigenvalue weighted by atomic mass is 35.5. The minimum absolute atomic E-state index is 0.0248. The number of ether oxygens (including phenoxy) is 1. The van der Waals surface area contributed by atoms with Crippen LogP contribution < -0.4 is 10.2 Å². The van der Waals surface area contributed by atoms with E-state index in [9.17, 15) is 9.59 Å². The summed E-state index contributed by atoms with van der Waals surface area (Å²) in [5.74, 6) is 0.423. The lowest BCUT2D eigenvalue weighted by atomic mass is 9.97. The molecule has 0 aliphatic carbocycles. The number of benzene rings is 2. The zero-order valence-electron chi connectivity index (χ0n) is 18.8. The summed E-state index contributed by atoms with van der Waals surface area (Å²) in [6, 6.07) is 12.9. The van der Waals surface area contributed by atoms with E-state index in [4.69, 9.17) is 16.3 Å². The summed E-state index contributed by atoms with van der Waals surface area (Å²) < 4.78 is 6.13. The number of nitrogens with one attached hydrogen (secondary N) is 1. The Balaban J connectivity index is 1.19. The number of hydrogen-bond acceptors (Lipinski definition) is 4. The maximum Gasteiger partial charge on any atom is 0.260 e. The van der Waals surface area contributed by atoms with Gasteiger partial charge in [0.1, 0.15) is 0 Å². The van der Waals surface area contributed by atoms with Gasteiger partial charge in [-0.3, -0.25) is 9.59 Å². The number of carbonyl (C=O) groups is 2. The average Bonchev–Trinajstić information content (AvgIpc) is 3.21. The molecule has 0 spiro atoms. The van der Waals surface area contributed by atoms with E-state index in [1.165, 1.54) is 0 Å². The lowest BCUT2D eigenvalue weighted by Crippen LogP contribution is -2.40. The molecule has 2 aromatic carbocycles. The van der Waals surface area contributed by atoms with Gasteiger partial charge in [-0.05, 0) is 74.5 Å². The van der Waals surface area contributed by atoms with E-state index in [0.29, 0.717) is 34.7 Å². The Kier molecular flexibility index (Phi) is 6.67. The van der Waals surface area contributed by atoms with Gasteiger partial charge in [-0.15, -0.1) is 0 Å². The van der Waals surface area contributed by atoms with Gasteiger partial charge < -0.3 is 19.9 Å². The number of carbonyl (C=O) groups excluding carboxylic acids is 2. The highest BCUT2D eigenvalue weighted by molar-refractivity contribution is 6.35. The van der Waals surface area contributed by atoms with Crippen molar-refractivity contribution in [2.24, 2.45) is 5.92 Å². The summed E-state index contributed by atoms with van der Waals surface area (Å²) in [4.78, 5) is 29.8. The second-order valence-corrected chi connectivity index (χ2v) is 9.64. The molecule has 2 saturated heterocycles. The van der Waals surface area contributed by atoms with Crippen LogP contribution in [-0.4, -0.2) is 55.6 Å². The Morgan fingerprint density at radius 1 is 1.06 bits per heavy atom. The molecule has 0 saturated carbocycles. The van der Waals surface area contributed by atoms with Crippen molar-refractivity contribution in [3.63, 3.8) is 0 Å². The van der Waals surface area contributed by atoms with Crippen LogP contribution in [0.2, 0.25) is 5.02 Å². The number of likely N-dealkylation sites (tertiary alicyclic amines) is 1. The SMILES string of the molecule is O=C(c1cccc(N2Cc3cccc(Cl)c3C2=O)c1)N1CCC(COC2CCNCC2)CC1. The van der Waals surface area contributed by atoms with Gasteiger partial charge in [0, 0.05) is 30.9 Å². The van der Waals surface area contributed by atoms with Gasteiger partial charge in [-0.2, -0.15) is 0 Å². The fourth-order valence-corrected chi connectivity index (χ4v) is 5.33. The predicted molar refractivity (Wildman–Crippen MR) is 129 cm³/mol. The molecule has 1 N–H and O–H groups in total. The molecule has 5 rings (SSSR count).